The van der Waals surface area contributed by atoms with Crippen LogP contribution < -0.4 is 31.3 Å². The van der Waals surface area contributed by atoms with Gasteiger partial charge >= 0.3 is 23.9 Å². The molecule has 125 heavy (non-hydrogen) atoms. The number of carbonyl (C=O) groups is 9. The van der Waals surface area contributed by atoms with Gasteiger partial charge in [0.1, 0.15) is 110 Å². The molecule has 5 amide bonds. The maximum Gasteiger partial charge on any atom is 0.309 e. The van der Waals surface area contributed by atoms with Gasteiger partial charge in [-0.3, -0.25) is 43.2 Å². The molecule has 1 aromatic carbocycles. The summed E-state index contributed by atoms with van der Waals surface area (Å²) in [5, 5.41) is 165. The smallest absolute Gasteiger partial charge is 0.309 e. The molecule has 50 nitrogen and oxygen atoms in total. The van der Waals surface area contributed by atoms with Crippen molar-refractivity contribution in [1.82, 2.24) is 26.6 Å². The van der Waals surface area contributed by atoms with E-state index in [2.05, 4.69) is 36.6 Å². The summed E-state index contributed by atoms with van der Waals surface area (Å²) in [6, 6.07) is 3.75. The van der Waals surface area contributed by atoms with Crippen molar-refractivity contribution in [2.45, 2.75) is 192 Å². The SMILES string of the molecule is COC(=O)C1C[C@H](OCC2O[C@H](OCCNC(=O)CCNC(=O)c3cc(OCCNC(=O)CCOCCOCCOCCOCCN=[N+]=[N-])cc(C(=O)NCCC(=O)NCCO[C@H]4OC(CO[C@H]5CC(C(=O)OC)[C@@H](C(=O)OC)CC5O[C@@H]5OC(CO)[C@@H](O)[C@H](O)C5O)[C@@H](O)[C@H](O)C4O)c3)C(O)[C@@H](O)[C@@H]2O)C(O[C@@H]2OC(CO)[C@@H](O)[C@H](O)C2O)C[C@@H]1C(=O)OC. The monoisotopic (exact) mass is 1800 g/mol. The third kappa shape index (κ3) is 31.4. The molecule has 2 saturated carbocycles. The zero-order chi connectivity index (χ0) is 91.4. The topological polar surface area (TPSA) is 721 Å². The molecular formula is C75H118N8O42. The van der Waals surface area contributed by atoms with E-state index in [1.54, 1.807) is 0 Å². The molecule has 0 spiro atoms. The van der Waals surface area contributed by atoms with Crippen molar-refractivity contribution in [3.8, 4) is 5.75 Å². The van der Waals surface area contributed by atoms with Gasteiger partial charge in [0.25, 0.3) is 11.8 Å². The Morgan fingerprint density at radius 2 is 0.704 bits per heavy atom. The van der Waals surface area contributed by atoms with Crippen LogP contribution in [0, 0.1) is 23.7 Å². The maximum atomic E-state index is 13.8. The summed E-state index contributed by atoms with van der Waals surface area (Å²) in [4.78, 5) is 121. The predicted octanol–water partition coefficient (Wildman–Crippen LogP) is -10.0. The van der Waals surface area contributed by atoms with E-state index in [-0.39, 0.29) is 154 Å². The van der Waals surface area contributed by atoms with Crippen molar-refractivity contribution < 1.29 is 205 Å². The van der Waals surface area contributed by atoms with Gasteiger partial charge in [0.05, 0.1) is 176 Å². The minimum atomic E-state index is -1.91. The van der Waals surface area contributed by atoms with Gasteiger partial charge in [-0.05, 0) is 49.4 Å². The third-order valence-corrected chi connectivity index (χ3v) is 21.2. The number of rotatable bonds is 51. The molecule has 4 heterocycles. The first-order chi connectivity index (χ1) is 59.9. The Morgan fingerprint density at radius 3 is 1.07 bits per heavy atom. The summed E-state index contributed by atoms with van der Waals surface area (Å²) in [7, 11) is 4.32. The molecule has 710 valence electrons. The Kier molecular flexibility index (Phi) is 45.2. The lowest BCUT2D eigenvalue weighted by atomic mass is 9.76. The van der Waals surface area contributed by atoms with Crippen LogP contribution >= 0.6 is 0 Å². The van der Waals surface area contributed by atoms with Crippen LogP contribution in [-0.2, 0) is 119 Å². The molecule has 28 atom stereocenters. The van der Waals surface area contributed by atoms with Gasteiger partial charge in [-0.2, -0.15) is 0 Å². The fourth-order valence-corrected chi connectivity index (χ4v) is 14.2. The average Bonchev–Trinajstić information content (AvgIpc) is 0.787. The highest BCUT2D eigenvalue weighted by Gasteiger charge is 2.55. The Balaban J connectivity index is 0.892. The number of hydrogen-bond donors (Lipinski definition) is 19. The third-order valence-electron chi connectivity index (χ3n) is 21.2. The number of nitrogens with one attached hydrogen (secondary N) is 5. The lowest BCUT2D eigenvalue weighted by Crippen LogP contribution is -2.61. The molecule has 7 rings (SSSR count). The number of azide groups is 1. The standard InChI is InChI=1S/C75H118N8O42/c1-107-68(103)39-28-43(45(30-41(39)70(105)109-3)120-74-64(99)58(93)54(89)47(32-84)122-74)118-34-49-56(91)60(95)62(97)72(124-49)116-17-11-77-51(86)5-8-80-66(101)36-25-37(27-38(26-36)115-16-10-79-53(88)7-14-111-19-21-113-23-24-114-22-20-112-15-13-82-83-76)67(102)81-9-6-52(87)78-12-18-117-73-63(98)61(96)57(92)50(125-73)35-119-44-29-40(69(104)108-2)42(71(106)110-4)31-46(44)121-75-65(100)59(94)55(90)48(33-85)123-75/h25-27,39-50,54-65,72-75,84-85,89-100H,5-24,28-35H2,1-4H3,(H,77,86)(H,78,87)(H,79,88)(H,80,101)(H,81,102)/t39?,40?,41-,42-,43-,44-,45?,46?,47?,48?,49?,50?,54+,55+,56+,57+,58-,59-,60-,61-,62?,63?,64?,65?,72-,73-,74+,75+/m0/s1. The van der Waals surface area contributed by atoms with Crippen LogP contribution in [0.4, 0.5) is 0 Å². The van der Waals surface area contributed by atoms with Crippen molar-refractivity contribution in [2.75, 3.05) is 167 Å². The Morgan fingerprint density at radius 1 is 0.376 bits per heavy atom. The number of aliphatic hydroxyl groups excluding tert-OH is 14. The second-order valence-electron chi connectivity index (χ2n) is 29.5. The fourth-order valence-electron chi connectivity index (χ4n) is 14.2. The van der Waals surface area contributed by atoms with Gasteiger partial charge in [0, 0.05) is 68.0 Å². The Hall–Kier alpha value is -7.56. The largest absolute Gasteiger partial charge is 0.492 e. The first-order valence-electron chi connectivity index (χ1n) is 40.5. The van der Waals surface area contributed by atoms with E-state index in [1.165, 1.54) is 18.2 Å². The second kappa shape index (κ2) is 54.0. The summed E-state index contributed by atoms with van der Waals surface area (Å²) in [5.74, 6) is -11.5. The Bertz CT molecular complexity index is 3370. The Labute approximate surface area is 715 Å². The molecule has 0 radical (unpaired) electrons. The van der Waals surface area contributed by atoms with E-state index in [9.17, 15) is 115 Å². The number of hydrogen-bond acceptors (Lipinski definition) is 43. The number of methoxy groups -OCH3 is 4. The first-order valence-corrected chi connectivity index (χ1v) is 40.5. The lowest BCUT2D eigenvalue weighted by molar-refractivity contribution is -0.326. The predicted molar refractivity (Wildman–Crippen MR) is 409 cm³/mol. The summed E-state index contributed by atoms with van der Waals surface area (Å²) in [6.45, 7) is -2.74. The molecule has 50 heteroatoms. The molecule has 6 aliphatic rings. The number of amides is 5. The molecule has 2 aliphatic carbocycles. The molecule has 12 unspecified atom stereocenters. The lowest BCUT2D eigenvalue weighted by Gasteiger charge is -2.45. The maximum absolute atomic E-state index is 13.8. The van der Waals surface area contributed by atoms with E-state index in [1.807, 2.05) is 0 Å². The number of aliphatic hydroxyl groups is 14. The van der Waals surface area contributed by atoms with Gasteiger partial charge < -0.3 is 188 Å². The molecular weight excluding hydrogens is 1680 g/mol. The molecule has 19 N–H and O–H groups in total. The normalized spacial score (nSPS) is 32.2. The van der Waals surface area contributed by atoms with Crippen molar-refractivity contribution in [1.29, 1.82) is 0 Å². The van der Waals surface area contributed by atoms with E-state index in [0.29, 0.717) is 19.8 Å². The highest BCUT2D eigenvalue weighted by molar-refractivity contribution is 6.00. The number of ether oxygens (including phenoxy) is 19. The fraction of sp³-hybridized carbons (Fsp3) is 0.800. The number of carbonyl (C=O) groups excluding carboxylic acids is 9. The van der Waals surface area contributed by atoms with E-state index >= 15 is 0 Å². The molecule has 0 bridgehead atoms. The number of esters is 4. The van der Waals surface area contributed by atoms with Crippen LogP contribution in [0.15, 0.2) is 23.3 Å². The van der Waals surface area contributed by atoms with Crippen LogP contribution in [0.5, 0.6) is 5.75 Å². The first kappa shape index (κ1) is 104. The van der Waals surface area contributed by atoms with Gasteiger partial charge in [-0.15, -0.1) is 0 Å². The highest BCUT2D eigenvalue weighted by atomic mass is 16.7. The van der Waals surface area contributed by atoms with Crippen LogP contribution in [0.3, 0.4) is 0 Å². The van der Waals surface area contributed by atoms with Crippen molar-refractivity contribution in [3.05, 3.63) is 39.8 Å². The van der Waals surface area contributed by atoms with Crippen LogP contribution in [0.2, 0.25) is 0 Å². The zero-order valence-electron chi connectivity index (χ0n) is 69.2. The second-order valence-corrected chi connectivity index (χ2v) is 29.5. The summed E-state index contributed by atoms with van der Waals surface area (Å²) in [5.41, 5.74) is 8.02. The van der Waals surface area contributed by atoms with E-state index in [4.69, 9.17) is 95.5 Å². The summed E-state index contributed by atoms with van der Waals surface area (Å²) >= 11 is 0. The number of nitrogens with zero attached hydrogens (tertiary/aromatic N) is 3. The molecule has 0 aromatic heterocycles. The van der Waals surface area contributed by atoms with E-state index in [0.717, 1.165) is 28.4 Å². The van der Waals surface area contributed by atoms with Crippen molar-refractivity contribution in [2.24, 2.45) is 28.8 Å². The van der Waals surface area contributed by atoms with E-state index < -0.39 is 251 Å². The molecule has 6 fully saturated rings. The van der Waals surface area contributed by atoms with Crippen LogP contribution in [0.1, 0.15) is 65.7 Å². The average molecular weight is 1800 g/mol. The molecule has 4 aliphatic heterocycles. The highest BCUT2D eigenvalue weighted by Crippen LogP contribution is 2.41. The van der Waals surface area contributed by atoms with Crippen molar-refractivity contribution >= 4 is 53.4 Å². The van der Waals surface area contributed by atoms with Crippen LogP contribution in [0.25, 0.3) is 10.4 Å². The van der Waals surface area contributed by atoms with Gasteiger partial charge in [-0.25, -0.2) is 0 Å². The summed E-state index contributed by atoms with van der Waals surface area (Å²) < 4.78 is 105. The minimum Gasteiger partial charge on any atom is -0.492 e. The quantitative estimate of drug-likeness (QED) is 0.00719. The van der Waals surface area contributed by atoms with Gasteiger partial charge in [-0.1, -0.05) is 5.11 Å². The van der Waals surface area contributed by atoms with Crippen LogP contribution in [-0.4, -0.2) is 439 Å². The van der Waals surface area contributed by atoms with Crippen molar-refractivity contribution in [3.63, 3.8) is 0 Å². The van der Waals surface area contributed by atoms with Gasteiger partial charge in [0.15, 0.2) is 25.2 Å². The number of benzene rings is 1. The minimum absolute atomic E-state index is 0.0271. The summed E-state index contributed by atoms with van der Waals surface area (Å²) in [6.07, 6.45) is -41.8. The van der Waals surface area contributed by atoms with Gasteiger partial charge in [0.2, 0.25) is 17.7 Å². The molecule has 1 aromatic rings. The zero-order valence-corrected chi connectivity index (χ0v) is 69.2. The molecule has 4 saturated heterocycles.